The molecule has 3 rings (SSSR count). The summed E-state index contributed by atoms with van der Waals surface area (Å²) in [5.74, 6) is 0.602. The van der Waals surface area contributed by atoms with Gasteiger partial charge in [0.1, 0.15) is 5.52 Å². The third-order valence-corrected chi connectivity index (χ3v) is 4.06. The van der Waals surface area contributed by atoms with Crippen LogP contribution in [0.3, 0.4) is 0 Å². The molecule has 4 nitrogen and oxygen atoms in total. The van der Waals surface area contributed by atoms with Gasteiger partial charge in [0.15, 0.2) is 5.82 Å². The van der Waals surface area contributed by atoms with E-state index in [4.69, 9.17) is 5.73 Å². The van der Waals surface area contributed by atoms with Crippen molar-refractivity contribution in [3.05, 3.63) is 17.6 Å². The molecule has 0 aromatic carbocycles. The van der Waals surface area contributed by atoms with Crippen molar-refractivity contribution in [2.24, 2.45) is 0 Å². The van der Waals surface area contributed by atoms with Gasteiger partial charge in [-0.1, -0.05) is 19.8 Å². The van der Waals surface area contributed by atoms with Crippen LogP contribution in [0.25, 0.3) is 11.0 Å². The summed E-state index contributed by atoms with van der Waals surface area (Å²) >= 11 is 0. The van der Waals surface area contributed by atoms with E-state index in [1.807, 2.05) is 6.33 Å². The number of anilines is 1. The third-order valence-electron chi connectivity index (χ3n) is 4.06. The Morgan fingerprint density at radius 1 is 1.26 bits per heavy atom. The van der Waals surface area contributed by atoms with E-state index in [1.54, 1.807) is 0 Å². The molecule has 0 saturated carbocycles. The first-order valence-electron chi connectivity index (χ1n) is 7.43. The summed E-state index contributed by atoms with van der Waals surface area (Å²) < 4.78 is 2.28. The molecular weight excluding hydrogens is 236 g/mol. The topological polar surface area (TPSA) is 56.7 Å². The standard InChI is InChI=1S/C15H22N4/c1-2-3-6-9-19-10-17-13-14(19)11-7-4-5-8-12(11)18-15(13)16/h10H,2-9H2,1H3,(H2,16,18). The molecule has 0 amide bonds. The molecule has 0 radical (unpaired) electrons. The van der Waals surface area contributed by atoms with Crippen molar-refractivity contribution in [3.8, 4) is 0 Å². The molecular formula is C15H22N4. The predicted octanol–water partition coefficient (Wildman–Crippen LogP) is 3.08. The molecule has 0 atom stereocenters. The molecule has 1 aliphatic carbocycles. The summed E-state index contributed by atoms with van der Waals surface area (Å²) in [4.78, 5) is 9.03. The second-order valence-electron chi connectivity index (χ2n) is 5.47. The van der Waals surface area contributed by atoms with Gasteiger partial charge in [0, 0.05) is 12.2 Å². The van der Waals surface area contributed by atoms with Crippen molar-refractivity contribution in [3.63, 3.8) is 0 Å². The van der Waals surface area contributed by atoms with E-state index in [9.17, 15) is 0 Å². The van der Waals surface area contributed by atoms with Gasteiger partial charge < -0.3 is 10.3 Å². The van der Waals surface area contributed by atoms with E-state index >= 15 is 0 Å². The highest BCUT2D eigenvalue weighted by Crippen LogP contribution is 2.30. The molecule has 2 N–H and O–H groups in total. The average molecular weight is 258 g/mol. The van der Waals surface area contributed by atoms with Crippen molar-refractivity contribution in [2.75, 3.05) is 5.73 Å². The predicted molar refractivity (Wildman–Crippen MR) is 78.1 cm³/mol. The van der Waals surface area contributed by atoms with Crippen LogP contribution in [0.5, 0.6) is 0 Å². The van der Waals surface area contributed by atoms with Gasteiger partial charge in [0.05, 0.1) is 11.8 Å². The van der Waals surface area contributed by atoms with E-state index < -0.39 is 0 Å². The lowest BCUT2D eigenvalue weighted by molar-refractivity contribution is 0.608. The fraction of sp³-hybridized carbons (Fsp3) is 0.600. The SMILES string of the molecule is CCCCCn1cnc2c(N)nc3c(c21)CCCC3. The minimum Gasteiger partial charge on any atom is -0.382 e. The molecule has 19 heavy (non-hydrogen) atoms. The van der Waals surface area contributed by atoms with Gasteiger partial charge in [-0.2, -0.15) is 0 Å². The van der Waals surface area contributed by atoms with E-state index in [2.05, 4.69) is 21.5 Å². The van der Waals surface area contributed by atoms with Crippen molar-refractivity contribution < 1.29 is 0 Å². The Kier molecular flexibility index (Phi) is 3.40. The Balaban J connectivity index is 2.06. The molecule has 1 aliphatic rings. The highest BCUT2D eigenvalue weighted by atomic mass is 15.1. The van der Waals surface area contributed by atoms with E-state index in [0.717, 1.165) is 24.9 Å². The number of unbranched alkanes of at least 4 members (excludes halogenated alkanes) is 2. The van der Waals surface area contributed by atoms with Crippen LogP contribution in [-0.4, -0.2) is 14.5 Å². The van der Waals surface area contributed by atoms with Crippen molar-refractivity contribution in [1.29, 1.82) is 0 Å². The summed E-state index contributed by atoms with van der Waals surface area (Å²) in [6.07, 6.45) is 10.3. The van der Waals surface area contributed by atoms with Crippen LogP contribution in [0.2, 0.25) is 0 Å². The summed E-state index contributed by atoms with van der Waals surface area (Å²) in [7, 11) is 0. The van der Waals surface area contributed by atoms with Crippen LogP contribution in [0, 0.1) is 0 Å². The molecule has 2 aromatic heterocycles. The molecule has 0 bridgehead atoms. The first kappa shape index (κ1) is 12.5. The maximum Gasteiger partial charge on any atom is 0.151 e. The van der Waals surface area contributed by atoms with Crippen LogP contribution in [0.4, 0.5) is 5.82 Å². The number of fused-ring (bicyclic) bond motifs is 3. The Morgan fingerprint density at radius 3 is 2.95 bits per heavy atom. The number of hydrogen-bond acceptors (Lipinski definition) is 3. The first-order valence-corrected chi connectivity index (χ1v) is 7.43. The van der Waals surface area contributed by atoms with Crippen LogP contribution < -0.4 is 5.73 Å². The quantitative estimate of drug-likeness (QED) is 0.857. The zero-order valence-electron chi connectivity index (χ0n) is 11.7. The van der Waals surface area contributed by atoms with Crippen molar-refractivity contribution in [2.45, 2.75) is 58.4 Å². The molecule has 2 aromatic rings. The summed E-state index contributed by atoms with van der Waals surface area (Å²) in [6, 6.07) is 0. The van der Waals surface area contributed by atoms with Crippen molar-refractivity contribution >= 4 is 16.9 Å². The number of aromatic nitrogens is 3. The second kappa shape index (κ2) is 5.19. The third kappa shape index (κ3) is 2.20. The number of hydrogen-bond donors (Lipinski definition) is 1. The van der Waals surface area contributed by atoms with Gasteiger partial charge in [-0.25, -0.2) is 9.97 Å². The molecule has 102 valence electrons. The highest BCUT2D eigenvalue weighted by Gasteiger charge is 2.19. The minimum absolute atomic E-state index is 0.602. The van der Waals surface area contributed by atoms with Crippen molar-refractivity contribution in [1.82, 2.24) is 14.5 Å². The maximum atomic E-state index is 6.06. The molecule has 0 spiro atoms. The Bertz CT molecular complexity index is 585. The fourth-order valence-corrected chi connectivity index (χ4v) is 3.05. The first-order chi connectivity index (χ1) is 9.31. The Labute approximate surface area is 114 Å². The molecule has 0 unspecified atom stereocenters. The van der Waals surface area contributed by atoms with E-state index in [-0.39, 0.29) is 0 Å². The molecule has 0 saturated heterocycles. The lowest BCUT2D eigenvalue weighted by Gasteiger charge is -2.17. The van der Waals surface area contributed by atoms with Crippen LogP contribution >= 0.6 is 0 Å². The summed E-state index contributed by atoms with van der Waals surface area (Å²) in [5.41, 5.74) is 10.8. The smallest absolute Gasteiger partial charge is 0.151 e. The number of nitrogen functional groups attached to an aromatic ring is 1. The Morgan fingerprint density at radius 2 is 2.11 bits per heavy atom. The molecule has 0 aliphatic heterocycles. The van der Waals surface area contributed by atoms with Gasteiger partial charge >= 0.3 is 0 Å². The normalized spacial score (nSPS) is 14.8. The number of rotatable bonds is 4. The number of nitrogens with two attached hydrogens (primary N) is 1. The van der Waals surface area contributed by atoms with Crippen LogP contribution in [0.1, 0.15) is 50.3 Å². The van der Waals surface area contributed by atoms with Gasteiger partial charge in [-0.15, -0.1) is 0 Å². The second-order valence-corrected chi connectivity index (χ2v) is 5.47. The van der Waals surface area contributed by atoms with Gasteiger partial charge in [0.25, 0.3) is 0 Å². The summed E-state index contributed by atoms with van der Waals surface area (Å²) in [5, 5.41) is 0. The molecule has 4 heteroatoms. The van der Waals surface area contributed by atoms with E-state index in [1.165, 1.54) is 48.9 Å². The van der Waals surface area contributed by atoms with Gasteiger partial charge in [0.2, 0.25) is 0 Å². The highest BCUT2D eigenvalue weighted by molar-refractivity contribution is 5.88. The van der Waals surface area contributed by atoms with Crippen LogP contribution in [0.15, 0.2) is 6.33 Å². The number of aryl methyl sites for hydroxylation is 3. The molecule has 0 fully saturated rings. The van der Waals surface area contributed by atoms with Crippen LogP contribution in [-0.2, 0) is 19.4 Å². The maximum absolute atomic E-state index is 6.06. The largest absolute Gasteiger partial charge is 0.382 e. The lowest BCUT2D eigenvalue weighted by atomic mass is 9.95. The number of nitrogens with zero attached hydrogens (tertiary/aromatic N) is 3. The zero-order chi connectivity index (χ0) is 13.2. The number of imidazole rings is 1. The minimum atomic E-state index is 0.602. The van der Waals surface area contributed by atoms with Gasteiger partial charge in [-0.05, 0) is 37.7 Å². The lowest BCUT2D eigenvalue weighted by Crippen LogP contribution is -2.10. The fourth-order valence-electron chi connectivity index (χ4n) is 3.05. The monoisotopic (exact) mass is 258 g/mol. The Hall–Kier alpha value is -1.58. The molecule has 2 heterocycles. The van der Waals surface area contributed by atoms with Gasteiger partial charge in [-0.3, -0.25) is 0 Å². The van der Waals surface area contributed by atoms with E-state index in [0.29, 0.717) is 5.82 Å². The average Bonchev–Trinajstić information content (AvgIpc) is 2.84. The summed E-state index contributed by atoms with van der Waals surface area (Å²) in [6.45, 7) is 3.27. The zero-order valence-corrected chi connectivity index (χ0v) is 11.7. The number of pyridine rings is 1.